The quantitative estimate of drug-likeness (QED) is 0.671. The van der Waals surface area contributed by atoms with Crippen molar-refractivity contribution < 1.29 is 19.1 Å². The molecule has 5 heteroatoms. The van der Waals surface area contributed by atoms with Crippen molar-refractivity contribution in [3.8, 4) is 0 Å². The number of ether oxygens (including phenoxy) is 1. The van der Waals surface area contributed by atoms with E-state index in [1.54, 1.807) is 6.92 Å². The molecular weight excluding hydrogens is 342 g/mol. The van der Waals surface area contributed by atoms with Crippen LogP contribution in [0.4, 0.5) is 5.69 Å². The second kappa shape index (κ2) is 6.34. The molecule has 27 heavy (non-hydrogen) atoms. The molecule has 138 valence electrons. The molecule has 1 aliphatic heterocycles. The highest BCUT2D eigenvalue weighted by molar-refractivity contribution is 6.13. The van der Waals surface area contributed by atoms with E-state index in [0.29, 0.717) is 5.69 Å². The maximum atomic E-state index is 13.2. The Balaban J connectivity index is 1.97. The highest BCUT2D eigenvalue weighted by Crippen LogP contribution is 2.62. The topological polar surface area (TPSA) is 72.5 Å². The third-order valence-corrected chi connectivity index (χ3v) is 6.06. The molecule has 2 aromatic carbocycles. The highest BCUT2D eigenvalue weighted by atomic mass is 16.5. The number of anilines is 1. The lowest BCUT2D eigenvalue weighted by Crippen LogP contribution is -2.50. The number of esters is 1. The first-order valence-electron chi connectivity index (χ1n) is 9.05. The second-order valence-corrected chi connectivity index (χ2v) is 7.34. The molecule has 0 aromatic heterocycles. The molecule has 1 aliphatic carbocycles. The van der Waals surface area contributed by atoms with Gasteiger partial charge >= 0.3 is 5.97 Å². The molecule has 0 saturated heterocycles. The Morgan fingerprint density at radius 1 is 1.07 bits per heavy atom. The predicted octanol–water partition coefficient (Wildman–Crippen LogP) is 3.27. The fraction of sp³-hybridized carbons (Fsp3) is 0.318. The van der Waals surface area contributed by atoms with Gasteiger partial charge in [-0.2, -0.15) is 0 Å². The van der Waals surface area contributed by atoms with E-state index < -0.39 is 23.2 Å². The molecule has 0 spiro atoms. The van der Waals surface area contributed by atoms with Crippen LogP contribution in [0.3, 0.4) is 0 Å². The van der Waals surface area contributed by atoms with Crippen LogP contribution in [0.1, 0.15) is 36.3 Å². The summed E-state index contributed by atoms with van der Waals surface area (Å²) < 4.78 is 5.08. The van der Waals surface area contributed by atoms with Crippen molar-refractivity contribution in [2.75, 3.05) is 12.4 Å². The van der Waals surface area contributed by atoms with E-state index in [4.69, 9.17) is 4.74 Å². The number of methoxy groups -OCH3 is 1. The summed E-state index contributed by atoms with van der Waals surface area (Å²) >= 11 is 0. The molecular formula is C22H21NO4. The second-order valence-electron chi connectivity index (χ2n) is 7.34. The largest absolute Gasteiger partial charge is 0.468 e. The Hall–Kier alpha value is -2.95. The van der Waals surface area contributed by atoms with E-state index in [9.17, 15) is 14.4 Å². The molecule has 1 heterocycles. The monoisotopic (exact) mass is 363 g/mol. The van der Waals surface area contributed by atoms with Crippen LogP contribution in [0.2, 0.25) is 0 Å². The van der Waals surface area contributed by atoms with Gasteiger partial charge in [-0.25, -0.2) is 0 Å². The number of fused-ring (bicyclic) bond motifs is 3. The summed E-state index contributed by atoms with van der Waals surface area (Å²) in [7, 11) is 1.29. The van der Waals surface area contributed by atoms with Crippen LogP contribution in [0, 0.1) is 11.3 Å². The lowest BCUT2D eigenvalue weighted by atomic mass is 9.67. The summed E-state index contributed by atoms with van der Waals surface area (Å²) in [4.78, 5) is 38.9. The van der Waals surface area contributed by atoms with Gasteiger partial charge in [-0.1, -0.05) is 48.5 Å². The van der Waals surface area contributed by atoms with Crippen LogP contribution >= 0.6 is 0 Å². The number of nitrogens with one attached hydrogen (secondary N) is 1. The van der Waals surface area contributed by atoms with Crippen LogP contribution in [-0.4, -0.2) is 24.8 Å². The average molecular weight is 363 g/mol. The number of Topliss-reactive ketones (excluding diaryl/α,β-unsaturated/α-hetero) is 1. The first-order chi connectivity index (χ1) is 13.0. The maximum absolute atomic E-state index is 13.2. The van der Waals surface area contributed by atoms with Gasteiger partial charge in [0.2, 0.25) is 5.91 Å². The van der Waals surface area contributed by atoms with Crippen molar-refractivity contribution in [3.05, 3.63) is 65.7 Å². The minimum absolute atomic E-state index is 0.0239. The van der Waals surface area contributed by atoms with Gasteiger partial charge in [0.05, 0.1) is 7.11 Å². The van der Waals surface area contributed by atoms with Crippen LogP contribution in [0.15, 0.2) is 54.6 Å². The van der Waals surface area contributed by atoms with Crippen molar-refractivity contribution in [2.45, 2.75) is 25.2 Å². The molecule has 4 rings (SSSR count). The Kier molecular flexibility index (Phi) is 4.10. The van der Waals surface area contributed by atoms with Crippen LogP contribution in [0.25, 0.3) is 0 Å². The van der Waals surface area contributed by atoms with E-state index in [1.807, 2.05) is 54.6 Å². The molecule has 0 unspecified atom stereocenters. The van der Waals surface area contributed by atoms with E-state index in [0.717, 1.165) is 11.1 Å². The van der Waals surface area contributed by atoms with Crippen LogP contribution < -0.4 is 5.32 Å². The van der Waals surface area contributed by atoms with Gasteiger partial charge in [-0.15, -0.1) is 0 Å². The summed E-state index contributed by atoms with van der Waals surface area (Å²) in [5, 5.41) is 2.87. The zero-order valence-corrected chi connectivity index (χ0v) is 15.3. The average Bonchev–Trinajstić information content (AvgIpc) is 3.06. The zero-order chi connectivity index (χ0) is 19.2. The molecule has 1 fully saturated rings. The zero-order valence-electron chi connectivity index (χ0n) is 15.3. The number of hydrogen-bond donors (Lipinski definition) is 1. The summed E-state index contributed by atoms with van der Waals surface area (Å²) in [5.74, 6) is -2.24. The number of amides is 1. The third-order valence-electron chi connectivity index (χ3n) is 6.06. The third kappa shape index (κ3) is 2.41. The number of rotatable bonds is 3. The van der Waals surface area contributed by atoms with Gasteiger partial charge < -0.3 is 10.1 Å². The molecule has 5 nitrogen and oxygen atoms in total. The maximum Gasteiger partial charge on any atom is 0.322 e. The van der Waals surface area contributed by atoms with Gasteiger partial charge in [0.15, 0.2) is 5.41 Å². The molecule has 0 radical (unpaired) electrons. The summed E-state index contributed by atoms with van der Waals surface area (Å²) in [6.45, 7) is 1.54. The molecule has 0 bridgehead atoms. The number of ketones is 1. The van der Waals surface area contributed by atoms with Crippen LogP contribution in [-0.2, 0) is 19.1 Å². The van der Waals surface area contributed by atoms with Crippen LogP contribution in [0.5, 0.6) is 0 Å². The van der Waals surface area contributed by atoms with Crippen molar-refractivity contribution in [1.82, 2.24) is 0 Å². The number of para-hydroxylation sites is 1. The van der Waals surface area contributed by atoms with E-state index in [-0.39, 0.29) is 24.0 Å². The summed E-state index contributed by atoms with van der Waals surface area (Å²) in [6.07, 6.45) is 0.249. The van der Waals surface area contributed by atoms with Crippen molar-refractivity contribution in [2.24, 2.45) is 11.3 Å². The van der Waals surface area contributed by atoms with E-state index in [2.05, 4.69) is 5.32 Å². The SMILES string of the molecule is COC(=O)[C@]12C[C@H](c3ccccc3)[C@H](C(C)=O)[C@H]1c1ccccc1NC2=O. The van der Waals surface area contributed by atoms with E-state index >= 15 is 0 Å². The number of hydrogen-bond acceptors (Lipinski definition) is 4. The Morgan fingerprint density at radius 3 is 2.41 bits per heavy atom. The molecule has 1 N–H and O–H groups in total. The standard InChI is InChI=1S/C22H21NO4/c1-13(24)18-16(14-8-4-3-5-9-14)12-22(21(26)27-2)19(18)15-10-6-7-11-17(15)23-20(22)25/h3-11,16,18-19H,12H2,1-2H3,(H,23,25)/t16-,18+,19-,22-/m1/s1. The molecule has 1 saturated carbocycles. The van der Waals surface area contributed by atoms with Gasteiger partial charge in [-0.3, -0.25) is 14.4 Å². The normalized spacial score (nSPS) is 28.7. The Bertz CT molecular complexity index is 923. The first kappa shape index (κ1) is 17.5. The van der Waals surface area contributed by atoms with Gasteiger partial charge in [-0.05, 0) is 36.5 Å². The van der Waals surface area contributed by atoms with Gasteiger partial charge in [0, 0.05) is 17.5 Å². The highest BCUT2D eigenvalue weighted by Gasteiger charge is 2.66. The Labute approximate surface area is 157 Å². The number of carbonyl (C=O) groups is 3. The van der Waals surface area contributed by atoms with Crippen molar-refractivity contribution >= 4 is 23.3 Å². The smallest absolute Gasteiger partial charge is 0.322 e. The molecule has 4 atom stereocenters. The fourth-order valence-corrected chi connectivity index (χ4v) is 4.98. The van der Waals surface area contributed by atoms with Crippen molar-refractivity contribution in [3.63, 3.8) is 0 Å². The Morgan fingerprint density at radius 2 is 1.74 bits per heavy atom. The number of carbonyl (C=O) groups excluding carboxylic acids is 3. The minimum Gasteiger partial charge on any atom is -0.468 e. The van der Waals surface area contributed by atoms with Gasteiger partial charge in [0.25, 0.3) is 0 Å². The van der Waals surface area contributed by atoms with E-state index in [1.165, 1.54) is 7.11 Å². The molecule has 2 aliphatic rings. The number of benzene rings is 2. The molecule has 1 amide bonds. The first-order valence-corrected chi connectivity index (χ1v) is 9.05. The summed E-state index contributed by atoms with van der Waals surface area (Å²) in [5.41, 5.74) is 1.04. The van der Waals surface area contributed by atoms with Crippen molar-refractivity contribution in [1.29, 1.82) is 0 Å². The lowest BCUT2D eigenvalue weighted by molar-refractivity contribution is -0.158. The minimum atomic E-state index is -1.40. The fourth-order valence-electron chi connectivity index (χ4n) is 4.98. The predicted molar refractivity (Wildman–Crippen MR) is 100 cm³/mol. The van der Waals surface area contributed by atoms with Gasteiger partial charge in [0.1, 0.15) is 5.78 Å². The molecule has 2 aromatic rings. The summed E-state index contributed by atoms with van der Waals surface area (Å²) in [6, 6.07) is 17.0. The lowest BCUT2D eigenvalue weighted by Gasteiger charge is -2.38.